The number of allylic oxidation sites excluding steroid dienone is 1. The highest BCUT2D eigenvalue weighted by Gasteiger charge is 2.53. The predicted molar refractivity (Wildman–Crippen MR) is 107 cm³/mol. The van der Waals surface area contributed by atoms with Crippen LogP contribution in [-0.4, -0.2) is 49.1 Å². The molecule has 1 aromatic carbocycles. The van der Waals surface area contributed by atoms with Gasteiger partial charge in [-0.15, -0.1) is 0 Å². The number of methoxy groups -OCH3 is 2. The molecule has 5 nitrogen and oxygen atoms in total. The molecule has 5 heteroatoms. The second-order valence-electron chi connectivity index (χ2n) is 8.08. The molecule has 146 valence electrons. The molecular formula is C22H30N2O3. The number of hydrogen-bond donors (Lipinski definition) is 1. The van der Waals surface area contributed by atoms with Gasteiger partial charge in [0.05, 0.1) is 43.5 Å². The molecule has 27 heavy (non-hydrogen) atoms. The van der Waals surface area contributed by atoms with Gasteiger partial charge in [-0.2, -0.15) is 0 Å². The topological polar surface area (TPSA) is 54.3 Å². The van der Waals surface area contributed by atoms with Crippen molar-refractivity contribution < 1.29 is 14.6 Å². The molecule has 0 radical (unpaired) electrons. The number of hydrogen-bond acceptors (Lipinski definition) is 5. The number of rotatable bonds is 4. The Balaban J connectivity index is 1.71. The van der Waals surface area contributed by atoms with E-state index in [1.807, 2.05) is 24.5 Å². The fourth-order valence-electron chi connectivity index (χ4n) is 5.37. The highest BCUT2D eigenvalue weighted by atomic mass is 16.5. The lowest BCUT2D eigenvalue weighted by molar-refractivity contribution is 0.0176. The molecule has 0 bridgehead atoms. The maximum absolute atomic E-state index is 11.7. The Morgan fingerprint density at radius 1 is 1.41 bits per heavy atom. The summed E-state index contributed by atoms with van der Waals surface area (Å²) in [5, 5.41) is 11.7. The van der Waals surface area contributed by atoms with Crippen molar-refractivity contribution in [1.82, 2.24) is 4.90 Å². The van der Waals surface area contributed by atoms with Crippen molar-refractivity contribution in [2.24, 2.45) is 16.8 Å². The first-order valence-electron chi connectivity index (χ1n) is 9.95. The third-order valence-electron chi connectivity index (χ3n) is 6.75. The van der Waals surface area contributed by atoms with Gasteiger partial charge in [-0.25, -0.2) is 0 Å². The number of fused-ring (bicyclic) bond motifs is 5. The van der Waals surface area contributed by atoms with Crippen molar-refractivity contribution >= 4 is 11.4 Å². The van der Waals surface area contributed by atoms with Crippen LogP contribution in [0.1, 0.15) is 38.7 Å². The van der Waals surface area contributed by atoms with Crippen LogP contribution in [0.3, 0.4) is 0 Å². The third kappa shape index (κ3) is 2.79. The van der Waals surface area contributed by atoms with Crippen LogP contribution in [0.15, 0.2) is 35.0 Å². The summed E-state index contributed by atoms with van der Waals surface area (Å²) in [6.45, 7) is 6.36. The lowest BCUT2D eigenvalue weighted by atomic mass is 9.70. The van der Waals surface area contributed by atoms with E-state index in [9.17, 15) is 5.11 Å². The summed E-state index contributed by atoms with van der Waals surface area (Å²) in [6.07, 6.45) is 4.67. The first-order valence-corrected chi connectivity index (χ1v) is 9.95. The second-order valence-corrected chi connectivity index (χ2v) is 8.08. The van der Waals surface area contributed by atoms with Gasteiger partial charge in [0.2, 0.25) is 0 Å². The van der Waals surface area contributed by atoms with Crippen molar-refractivity contribution in [2.75, 3.05) is 27.3 Å². The molecule has 0 amide bonds. The van der Waals surface area contributed by atoms with Gasteiger partial charge >= 0.3 is 0 Å². The molecule has 3 heterocycles. The molecule has 2 saturated heterocycles. The minimum absolute atomic E-state index is 0.161. The fourth-order valence-corrected chi connectivity index (χ4v) is 5.37. The predicted octanol–water partition coefficient (Wildman–Crippen LogP) is 3.64. The molecule has 2 fully saturated rings. The lowest BCUT2D eigenvalue weighted by Crippen LogP contribution is -2.60. The largest absolute Gasteiger partial charge is 0.504 e. The molecule has 4 atom stereocenters. The molecule has 0 aromatic heterocycles. The highest BCUT2D eigenvalue weighted by molar-refractivity contribution is 6.05. The zero-order chi connectivity index (χ0) is 19.2. The molecule has 0 unspecified atom stereocenters. The van der Waals surface area contributed by atoms with Crippen molar-refractivity contribution in [1.29, 1.82) is 0 Å². The molecule has 1 aromatic rings. The van der Waals surface area contributed by atoms with E-state index in [1.165, 1.54) is 5.57 Å². The zero-order valence-electron chi connectivity index (χ0n) is 16.7. The molecule has 0 aliphatic carbocycles. The standard InChI is InChI=1S/C22H30N2O3/c1-5-15-12-24-10-9-22(25)20-17(7-6-8-19(20)27-4)23-21(22)18(24)11-16(15)14(2)13-26-3/h6-8,13,15-16,18,25H,5,9-12H2,1-4H3/b14-13+/t15-,16-,18+,22+/m1/s1. The Hall–Kier alpha value is -1.85. The molecule has 3 aliphatic heterocycles. The number of aliphatic hydroxyl groups is 1. The smallest absolute Gasteiger partial charge is 0.136 e. The molecule has 0 saturated carbocycles. The molecule has 0 spiro atoms. The molecule has 1 N–H and O–H groups in total. The van der Waals surface area contributed by atoms with E-state index in [4.69, 9.17) is 14.5 Å². The van der Waals surface area contributed by atoms with E-state index in [1.54, 1.807) is 14.2 Å². The first kappa shape index (κ1) is 18.5. The maximum Gasteiger partial charge on any atom is 0.136 e. The number of aliphatic imine (C=N–C) groups is 1. The number of benzene rings is 1. The number of nitrogens with zero attached hydrogens (tertiary/aromatic N) is 2. The van der Waals surface area contributed by atoms with Crippen molar-refractivity contribution in [3.63, 3.8) is 0 Å². The zero-order valence-corrected chi connectivity index (χ0v) is 16.7. The Labute approximate surface area is 161 Å². The van der Waals surface area contributed by atoms with E-state index >= 15 is 0 Å². The summed E-state index contributed by atoms with van der Waals surface area (Å²) in [7, 11) is 3.37. The van der Waals surface area contributed by atoms with E-state index in [0.29, 0.717) is 18.3 Å². The average molecular weight is 370 g/mol. The third-order valence-corrected chi connectivity index (χ3v) is 6.75. The SMILES string of the molecule is CC[C@@H]1CN2CC[C@@]3(O)C(=Nc4cccc(OC)c43)[C@@H]2C[C@@H]1/C(C)=C/OC. The summed E-state index contributed by atoms with van der Waals surface area (Å²) in [5.74, 6) is 1.79. The van der Waals surface area contributed by atoms with Gasteiger partial charge in [0, 0.05) is 13.1 Å². The van der Waals surface area contributed by atoms with E-state index < -0.39 is 5.60 Å². The van der Waals surface area contributed by atoms with Crippen LogP contribution in [-0.2, 0) is 10.3 Å². The average Bonchev–Trinajstić information content (AvgIpc) is 3.00. The quantitative estimate of drug-likeness (QED) is 0.822. The first-order chi connectivity index (χ1) is 13.0. The lowest BCUT2D eigenvalue weighted by Gasteiger charge is -2.50. The van der Waals surface area contributed by atoms with Gasteiger partial charge in [0.25, 0.3) is 0 Å². The monoisotopic (exact) mass is 370 g/mol. The maximum atomic E-state index is 11.7. The summed E-state index contributed by atoms with van der Waals surface area (Å²) in [4.78, 5) is 7.45. The fraction of sp³-hybridized carbons (Fsp3) is 0.591. The summed E-state index contributed by atoms with van der Waals surface area (Å²) >= 11 is 0. The van der Waals surface area contributed by atoms with Gasteiger partial charge in [0.15, 0.2) is 0 Å². The van der Waals surface area contributed by atoms with Crippen LogP contribution in [0.2, 0.25) is 0 Å². The molecular weight excluding hydrogens is 340 g/mol. The van der Waals surface area contributed by atoms with Gasteiger partial charge in [0.1, 0.15) is 11.4 Å². The van der Waals surface area contributed by atoms with Crippen LogP contribution in [0.5, 0.6) is 5.75 Å². The Morgan fingerprint density at radius 2 is 2.22 bits per heavy atom. The number of piperidine rings is 2. The Bertz CT molecular complexity index is 788. The van der Waals surface area contributed by atoms with Gasteiger partial charge < -0.3 is 14.6 Å². The normalized spacial score (nSPS) is 33.0. The Kier molecular flexibility index (Phi) is 4.77. The summed E-state index contributed by atoms with van der Waals surface area (Å²) < 4.78 is 10.9. The minimum Gasteiger partial charge on any atom is -0.504 e. The minimum atomic E-state index is -1.01. The van der Waals surface area contributed by atoms with Gasteiger partial charge in [-0.1, -0.05) is 19.4 Å². The van der Waals surface area contributed by atoms with E-state index in [-0.39, 0.29) is 6.04 Å². The van der Waals surface area contributed by atoms with Crippen molar-refractivity contribution in [3.8, 4) is 5.75 Å². The van der Waals surface area contributed by atoms with Crippen molar-refractivity contribution in [3.05, 3.63) is 35.6 Å². The number of ether oxygens (including phenoxy) is 2. The Morgan fingerprint density at radius 3 is 2.93 bits per heavy atom. The second kappa shape index (κ2) is 6.95. The molecule has 4 rings (SSSR count). The van der Waals surface area contributed by atoms with Gasteiger partial charge in [-0.05, 0) is 49.3 Å². The van der Waals surface area contributed by atoms with Crippen molar-refractivity contribution in [2.45, 2.75) is 44.8 Å². The van der Waals surface area contributed by atoms with E-state index in [2.05, 4.69) is 18.7 Å². The van der Waals surface area contributed by atoms with Crippen LogP contribution >= 0.6 is 0 Å². The van der Waals surface area contributed by atoms with Crippen LogP contribution in [0.4, 0.5) is 5.69 Å². The van der Waals surface area contributed by atoms with Crippen LogP contribution < -0.4 is 4.74 Å². The summed E-state index contributed by atoms with van der Waals surface area (Å²) in [5.41, 5.74) is 2.88. The van der Waals surface area contributed by atoms with E-state index in [0.717, 1.165) is 48.6 Å². The van der Waals surface area contributed by atoms with Gasteiger partial charge in [-0.3, -0.25) is 9.89 Å². The van der Waals surface area contributed by atoms with Crippen LogP contribution in [0.25, 0.3) is 0 Å². The molecule has 3 aliphatic rings. The summed E-state index contributed by atoms with van der Waals surface area (Å²) in [6, 6.07) is 6.01. The highest BCUT2D eigenvalue weighted by Crippen LogP contribution is 2.51. The van der Waals surface area contributed by atoms with Crippen LogP contribution in [0, 0.1) is 11.8 Å².